The van der Waals surface area contributed by atoms with Crippen LogP contribution in [0, 0.1) is 0 Å². The molecule has 1 heterocycles. The molecule has 0 bridgehead atoms. The molecule has 1 rings (SSSR count). The third-order valence-electron chi connectivity index (χ3n) is 3.20. The summed E-state index contributed by atoms with van der Waals surface area (Å²) in [6.45, 7) is 7.24. The number of halogens is 1. The summed E-state index contributed by atoms with van der Waals surface area (Å²) in [7, 11) is 5.77. The second-order valence-corrected chi connectivity index (χ2v) is 5.29. The van der Waals surface area contributed by atoms with Gasteiger partial charge in [0, 0.05) is 58.7 Å². The maximum Gasteiger partial charge on any atom is 0.191 e. The number of rotatable bonds is 10. The predicted molar refractivity (Wildman–Crippen MR) is 105 cm³/mol. The third-order valence-corrected chi connectivity index (χ3v) is 3.20. The number of aromatic nitrogens is 2. The quantitative estimate of drug-likeness (QED) is 0.248. The van der Waals surface area contributed by atoms with Crippen LogP contribution in [0.15, 0.2) is 17.4 Å². The molecule has 0 saturated carbocycles. The van der Waals surface area contributed by atoms with Crippen molar-refractivity contribution >= 4 is 29.9 Å². The summed E-state index contributed by atoms with van der Waals surface area (Å²) in [6.07, 6.45) is 4.88. The van der Waals surface area contributed by atoms with Gasteiger partial charge < -0.3 is 20.3 Å². The summed E-state index contributed by atoms with van der Waals surface area (Å²) in [5.41, 5.74) is 1.11. The second-order valence-electron chi connectivity index (χ2n) is 5.29. The zero-order valence-electron chi connectivity index (χ0n) is 14.7. The SMILES string of the molecule is CCNC(=NCc1cnn(C)c1)NCCN(C)CCCOC.I. The van der Waals surface area contributed by atoms with Gasteiger partial charge in [-0.3, -0.25) is 4.68 Å². The molecule has 8 heteroatoms. The van der Waals surface area contributed by atoms with E-state index in [-0.39, 0.29) is 24.0 Å². The van der Waals surface area contributed by atoms with Gasteiger partial charge in [0.1, 0.15) is 0 Å². The zero-order chi connectivity index (χ0) is 16.2. The fourth-order valence-corrected chi connectivity index (χ4v) is 2.02. The van der Waals surface area contributed by atoms with E-state index in [9.17, 15) is 0 Å². The van der Waals surface area contributed by atoms with Gasteiger partial charge in [0.2, 0.25) is 0 Å². The lowest BCUT2D eigenvalue weighted by Crippen LogP contribution is -2.41. The standard InChI is InChI=1S/C15H30N6O.HI/c1-5-16-15(18-11-14-12-19-21(3)13-14)17-7-9-20(2)8-6-10-22-4;/h12-13H,5-11H2,1-4H3,(H2,16,17,18);1H. The molecule has 0 fully saturated rings. The molecular weight excluding hydrogens is 407 g/mol. The Kier molecular flexibility index (Phi) is 13.0. The number of hydrogen-bond donors (Lipinski definition) is 2. The molecule has 23 heavy (non-hydrogen) atoms. The third kappa shape index (κ3) is 10.5. The van der Waals surface area contributed by atoms with Gasteiger partial charge in [0.25, 0.3) is 0 Å². The predicted octanol–water partition coefficient (Wildman–Crippen LogP) is 1.06. The summed E-state index contributed by atoms with van der Waals surface area (Å²) in [5.74, 6) is 0.844. The van der Waals surface area contributed by atoms with Crippen LogP contribution in [0.5, 0.6) is 0 Å². The van der Waals surface area contributed by atoms with Crippen molar-refractivity contribution in [1.29, 1.82) is 0 Å². The lowest BCUT2D eigenvalue weighted by Gasteiger charge is -2.18. The van der Waals surface area contributed by atoms with Crippen molar-refractivity contribution in [2.75, 3.05) is 46.9 Å². The van der Waals surface area contributed by atoms with Crippen molar-refractivity contribution in [2.45, 2.75) is 19.9 Å². The largest absolute Gasteiger partial charge is 0.385 e. The van der Waals surface area contributed by atoms with E-state index in [4.69, 9.17) is 4.74 Å². The molecular formula is C15H31IN6O. The van der Waals surface area contributed by atoms with Crippen molar-refractivity contribution in [3.63, 3.8) is 0 Å². The van der Waals surface area contributed by atoms with Crippen LogP contribution in [0.3, 0.4) is 0 Å². The molecule has 0 atom stereocenters. The Morgan fingerprint density at radius 3 is 2.78 bits per heavy atom. The summed E-state index contributed by atoms with van der Waals surface area (Å²) >= 11 is 0. The molecule has 0 amide bonds. The first-order valence-electron chi connectivity index (χ1n) is 7.83. The van der Waals surface area contributed by atoms with Gasteiger partial charge in [-0.15, -0.1) is 24.0 Å². The zero-order valence-corrected chi connectivity index (χ0v) is 17.0. The second kappa shape index (κ2) is 13.6. The molecule has 0 aliphatic carbocycles. The van der Waals surface area contributed by atoms with Crippen LogP contribution in [0.25, 0.3) is 0 Å². The van der Waals surface area contributed by atoms with E-state index in [0.717, 1.165) is 50.7 Å². The number of ether oxygens (including phenoxy) is 1. The van der Waals surface area contributed by atoms with Crippen LogP contribution in [0.1, 0.15) is 18.9 Å². The topological polar surface area (TPSA) is 66.7 Å². The first kappa shape index (κ1) is 22.1. The Balaban J connectivity index is 0.00000484. The first-order valence-corrected chi connectivity index (χ1v) is 7.83. The Morgan fingerprint density at radius 1 is 1.39 bits per heavy atom. The Hall–Kier alpha value is -0.870. The molecule has 0 saturated heterocycles. The summed E-state index contributed by atoms with van der Waals surface area (Å²) in [5, 5.41) is 10.8. The highest BCUT2D eigenvalue weighted by atomic mass is 127. The summed E-state index contributed by atoms with van der Waals surface area (Å²) < 4.78 is 6.86. The Labute approximate surface area is 156 Å². The van der Waals surface area contributed by atoms with Crippen LogP contribution in [-0.2, 0) is 18.3 Å². The highest BCUT2D eigenvalue weighted by molar-refractivity contribution is 14.0. The van der Waals surface area contributed by atoms with E-state index < -0.39 is 0 Å². The van der Waals surface area contributed by atoms with Crippen molar-refractivity contribution in [3.05, 3.63) is 18.0 Å². The van der Waals surface area contributed by atoms with Crippen LogP contribution in [0.2, 0.25) is 0 Å². The summed E-state index contributed by atoms with van der Waals surface area (Å²) in [4.78, 5) is 6.86. The Morgan fingerprint density at radius 2 is 2.17 bits per heavy atom. The van der Waals surface area contributed by atoms with Gasteiger partial charge in [-0.2, -0.15) is 5.10 Å². The number of nitrogens with one attached hydrogen (secondary N) is 2. The first-order chi connectivity index (χ1) is 10.7. The molecule has 0 radical (unpaired) electrons. The van der Waals surface area contributed by atoms with Crippen molar-refractivity contribution in [1.82, 2.24) is 25.3 Å². The van der Waals surface area contributed by atoms with E-state index in [1.165, 1.54) is 0 Å². The minimum absolute atomic E-state index is 0. The highest BCUT2D eigenvalue weighted by Crippen LogP contribution is 1.98. The van der Waals surface area contributed by atoms with E-state index in [0.29, 0.717) is 6.54 Å². The van der Waals surface area contributed by atoms with Gasteiger partial charge in [-0.05, 0) is 20.4 Å². The lowest BCUT2D eigenvalue weighted by molar-refractivity contribution is 0.180. The van der Waals surface area contributed by atoms with Crippen molar-refractivity contribution in [3.8, 4) is 0 Å². The number of nitrogens with zero attached hydrogens (tertiary/aromatic N) is 4. The number of aliphatic imine (C=N–C) groups is 1. The minimum atomic E-state index is 0. The minimum Gasteiger partial charge on any atom is -0.385 e. The van der Waals surface area contributed by atoms with Crippen LogP contribution < -0.4 is 10.6 Å². The van der Waals surface area contributed by atoms with E-state index >= 15 is 0 Å². The number of hydrogen-bond acceptors (Lipinski definition) is 4. The number of likely N-dealkylation sites (N-methyl/N-ethyl adjacent to an activating group) is 1. The van der Waals surface area contributed by atoms with Crippen molar-refractivity contribution < 1.29 is 4.74 Å². The molecule has 0 spiro atoms. The van der Waals surface area contributed by atoms with Crippen LogP contribution >= 0.6 is 24.0 Å². The fourth-order valence-electron chi connectivity index (χ4n) is 2.02. The number of methoxy groups -OCH3 is 1. The molecule has 1 aromatic heterocycles. The average molecular weight is 438 g/mol. The van der Waals surface area contributed by atoms with E-state index in [1.54, 1.807) is 11.8 Å². The van der Waals surface area contributed by atoms with E-state index in [1.807, 2.05) is 19.4 Å². The van der Waals surface area contributed by atoms with Crippen molar-refractivity contribution in [2.24, 2.45) is 12.0 Å². The molecule has 2 N–H and O–H groups in total. The maximum atomic E-state index is 5.06. The van der Waals surface area contributed by atoms with Gasteiger partial charge in [-0.25, -0.2) is 4.99 Å². The monoisotopic (exact) mass is 438 g/mol. The lowest BCUT2D eigenvalue weighted by atomic mass is 10.4. The fraction of sp³-hybridized carbons (Fsp3) is 0.733. The van der Waals surface area contributed by atoms with Gasteiger partial charge >= 0.3 is 0 Å². The van der Waals surface area contributed by atoms with E-state index in [2.05, 4.69) is 39.6 Å². The van der Waals surface area contributed by atoms with Gasteiger partial charge in [-0.1, -0.05) is 0 Å². The molecule has 0 aromatic carbocycles. The average Bonchev–Trinajstić information content (AvgIpc) is 2.91. The normalized spacial score (nSPS) is 11.4. The van der Waals surface area contributed by atoms with Crippen LogP contribution in [-0.4, -0.2) is 67.6 Å². The molecule has 0 aliphatic rings. The highest BCUT2D eigenvalue weighted by Gasteiger charge is 2.01. The van der Waals surface area contributed by atoms with Crippen LogP contribution in [0.4, 0.5) is 0 Å². The molecule has 1 aromatic rings. The van der Waals surface area contributed by atoms with Gasteiger partial charge in [0.05, 0.1) is 12.7 Å². The number of guanidine groups is 1. The number of aryl methyl sites for hydroxylation is 1. The van der Waals surface area contributed by atoms with Gasteiger partial charge in [0.15, 0.2) is 5.96 Å². The smallest absolute Gasteiger partial charge is 0.191 e. The molecule has 0 unspecified atom stereocenters. The molecule has 0 aliphatic heterocycles. The maximum absolute atomic E-state index is 5.06. The molecule has 7 nitrogen and oxygen atoms in total. The molecule has 134 valence electrons. The Bertz CT molecular complexity index is 437. The summed E-state index contributed by atoms with van der Waals surface area (Å²) in [6, 6.07) is 0.